The Bertz CT molecular complexity index is 924. The Hall–Kier alpha value is -1.35. The van der Waals surface area contributed by atoms with Crippen molar-refractivity contribution in [3.05, 3.63) is 29.8 Å². The Balaban J connectivity index is 0.00000364. The molecule has 1 fully saturated rings. The van der Waals surface area contributed by atoms with Gasteiger partial charge in [0.2, 0.25) is 21.8 Å². The molecule has 1 aromatic carbocycles. The van der Waals surface area contributed by atoms with Crippen LogP contribution in [0, 0.1) is 5.92 Å². The molecule has 0 spiro atoms. The summed E-state index contributed by atoms with van der Waals surface area (Å²) in [5.74, 6) is -3.52. The van der Waals surface area contributed by atoms with Crippen LogP contribution in [-0.4, -0.2) is 51.5 Å². The van der Waals surface area contributed by atoms with E-state index in [0.717, 1.165) is 0 Å². The Labute approximate surface area is 177 Å². The number of sulfonamides is 1. The fourth-order valence-corrected chi connectivity index (χ4v) is 3.67. The summed E-state index contributed by atoms with van der Waals surface area (Å²) in [7, 11) is -8.56. The molecule has 11 nitrogen and oxygen atoms in total. The molecule has 1 heterocycles. The van der Waals surface area contributed by atoms with Gasteiger partial charge in [-0.1, -0.05) is 12.1 Å². The van der Waals surface area contributed by atoms with Gasteiger partial charge in [-0.15, -0.1) is 0 Å². The van der Waals surface area contributed by atoms with E-state index in [0.29, 0.717) is 5.56 Å². The Morgan fingerprint density at radius 2 is 1.48 bits per heavy atom. The zero-order valence-corrected chi connectivity index (χ0v) is 17.7. The number of barbiturate groups is 1. The van der Waals surface area contributed by atoms with Gasteiger partial charge in [0.1, 0.15) is 5.92 Å². The summed E-state index contributed by atoms with van der Waals surface area (Å²) >= 11 is 0. The number of hydrogen-bond donors (Lipinski definition) is 3. The van der Waals surface area contributed by atoms with E-state index in [1.807, 2.05) is 15.4 Å². The van der Waals surface area contributed by atoms with Gasteiger partial charge >= 0.3 is 35.6 Å². The number of carbonyl (C=O) groups excluding carboxylic acids is 3. The Morgan fingerprint density at radius 3 is 1.96 bits per heavy atom. The van der Waals surface area contributed by atoms with Crippen molar-refractivity contribution < 1.29 is 65.3 Å². The molecule has 1 saturated heterocycles. The van der Waals surface area contributed by atoms with E-state index in [1.165, 1.54) is 24.3 Å². The molecule has 0 radical (unpaired) electrons. The minimum atomic E-state index is -4.54. The van der Waals surface area contributed by atoms with Crippen LogP contribution in [0.3, 0.4) is 0 Å². The first kappa shape index (κ1) is 23.7. The zero-order valence-electron chi connectivity index (χ0n) is 14.1. The van der Waals surface area contributed by atoms with E-state index in [9.17, 15) is 35.8 Å². The molecule has 142 valence electrons. The molecular weight excluding hydrogens is 413 g/mol. The van der Waals surface area contributed by atoms with Crippen LogP contribution < -0.4 is 44.9 Å². The molecule has 4 amide bonds. The van der Waals surface area contributed by atoms with E-state index < -0.39 is 56.2 Å². The van der Waals surface area contributed by atoms with Crippen molar-refractivity contribution in [3.8, 4) is 0 Å². The third-order valence-electron chi connectivity index (χ3n) is 3.42. The molecule has 0 aliphatic carbocycles. The molecule has 0 atom stereocenters. The maximum absolute atomic E-state index is 12.0. The summed E-state index contributed by atoms with van der Waals surface area (Å²) in [6.45, 7) is -0.563. The molecule has 0 bridgehead atoms. The number of nitrogens with one attached hydrogen (secondary N) is 3. The summed E-state index contributed by atoms with van der Waals surface area (Å²) in [6, 6.07) is 4.25. The molecule has 27 heavy (non-hydrogen) atoms. The van der Waals surface area contributed by atoms with E-state index in [2.05, 4.69) is 0 Å². The van der Waals surface area contributed by atoms with Gasteiger partial charge in [-0.05, 0) is 24.1 Å². The van der Waals surface area contributed by atoms with Gasteiger partial charge in [0.25, 0.3) is 0 Å². The van der Waals surface area contributed by atoms with Crippen molar-refractivity contribution in [2.75, 3.05) is 12.3 Å². The molecular formula is C13H14N3NaO8S2. The molecule has 1 aliphatic rings. The van der Waals surface area contributed by atoms with Crippen LogP contribution in [0.25, 0.3) is 0 Å². The number of hydrogen-bond acceptors (Lipinski definition) is 8. The maximum Gasteiger partial charge on any atom is 1.00 e. The predicted molar refractivity (Wildman–Crippen MR) is 85.1 cm³/mol. The maximum atomic E-state index is 12.0. The van der Waals surface area contributed by atoms with Crippen LogP contribution in [-0.2, 0) is 36.2 Å². The third-order valence-corrected chi connectivity index (χ3v) is 5.61. The van der Waals surface area contributed by atoms with Gasteiger partial charge in [-0.25, -0.2) is 26.4 Å². The van der Waals surface area contributed by atoms with Crippen LogP contribution >= 0.6 is 0 Å². The summed E-state index contributed by atoms with van der Waals surface area (Å²) in [4.78, 5) is 34.2. The average Bonchev–Trinajstić information content (AvgIpc) is 2.50. The number of benzene rings is 1. The van der Waals surface area contributed by atoms with Gasteiger partial charge in [-0.2, -0.15) is 0 Å². The van der Waals surface area contributed by atoms with Crippen LogP contribution in [0.15, 0.2) is 29.2 Å². The number of urea groups is 1. The van der Waals surface area contributed by atoms with E-state index in [1.54, 1.807) is 0 Å². The molecule has 0 saturated carbocycles. The fourth-order valence-electron chi connectivity index (χ4n) is 2.16. The van der Waals surface area contributed by atoms with Crippen LogP contribution in [0.2, 0.25) is 0 Å². The molecule has 14 heteroatoms. The number of carbonyl (C=O) groups is 3. The monoisotopic (exact) mass is 427 g/mol. The first-order valence-electron chi connectivity index (χ1n) is 7.16. The second-order valence-electron chi connectivity index (χ2n) is 5.37. The third kappa shape index (κ3) is 6.95. The van der Waals surface area contributed by atoms with Crippen LogP contribution in [0.1, 0.15) is 5.56 Å². The van der Waals surface area contributed by atoms with Crippen LogP contribution in [0.4, 0.5) is 4.79 Å². The summed E-state index contributed by atoms with van der Waals surface area (Å²) in [5.41, 5.74) is 0.468. The molecule has 1 aliphatic heterocycles. The minimum Gasteiger partial charge on any atom is -0.748 e. The van der Waals surface area contributed by atoms with Crippen molar-refractivity contribution >= 4 is 38.0 Å². The first-order valence-corrected chi connectivity index (χ1v) is 10.2. The van der Waals surface area contributed by atoms with Crippen molar-refractivity contribution in [3.63, 3.8) is 0 Å². The zero-order chi connectivity index (χ0) is 19.5. The number of imide groups is 2. The van der Waals surface area contributed by atoms with Gasteiger partial charge in [0, 0.05) is 6.54 Å². The smallest absolute Gasteiger partial charge is 0.748 e. The Kier molecular flexibility index (Phi) is 8.10. The molecule has 0 unspecified atom stereocenters. The summed E-state index contributed by atoms with van der Waals surface area (Å²) < 4.78 is 57.4. The van der Waals surface area contributed by atoms with Crippen molar-refractivity contribution in [2.24, 2.45) is 5.92 Å². The number of rotatable bonds is 7. The average molecular weight is 427 g/mol. The molecule has 2 rings (SSSR count). The molecule has 0 aromatic heterocycles. The summed E-state index contributed by atoms with van der Waals surface area (Å²) in [6.07, 6.45) is -0.0485. The number of amides is 4. The topological polar surface area (TPSA) is 179 Å². The van der Waals surface area contributed by atoms with Crippen molar-refractivity contribution in [1.82, 2.24) is 15.4 Å². The standard InChI is InChI=1S/C13H15N3O8S2.Na/c17-11-10(12(18)16-13(19)15-11)7-8-1-3-9(4-2-8)26(23,24)14-5-6-25(20,21)22;/h1-4,10,14H,5-7H2,(H,20,21,22)(H2,15,16,17,18,19);/q;+1/p-1. The fraction of sp³-hybridized carbons (Fsp3) is 0.308. The SMILES string of the molecule is O=C1NC(=O)C(Cc2ccc(S(=O)(=O)NCCS(=O)(=O)[O-])cc2)C(=O)N1.[Na+]. The summed E-state index contributed by atoms with van der Waals surface area (Å²) in [5, 5.41) is 3.92. The van der Waals surface area contributed by atoms with Crippen LogP contribution in [0.5, 0.6) is 0 Å². The quantitative estimate of drug-likeness (QED) is 0.220. The second kappa shape index (κ2) is 9.23. The van der Waals surface area contributed by atoms with Gasteiger partial charge in [0.05, 0.1) is 20.8 Å². The first-order chi connectivity index (χ1) is 12.0. The van der Waals surface area contributed by atoms with E-state index in [-0.39, 0.29) is 40.9 Å². The Morgan fingerprint density at radius 1 is 0.963 bits per heavy atom. The van der Waals surface area contributed by atoms with E-state index in [4.69, 9.17) is 0 Å². The van der Waals surface area contributed by atoms with Gasteiger partial charge in [-0.3, -0.25) is 20.2 Å². The largest absolute Gasteiger partial charge is 1.00 e. The minimum absolute atomic E-state index is 0. The van der Waals surface area contributed by atoms with Gasteiger partial charge < -0.3 is 4.55 Å². The van der Waals surface area contributed by atoms with Crippen molar-refractivity contribution in [1.29, 1.82) is 0 Å². The molecule has 1 aromatic rings. The predicted octanol–water partition coefficient (Wildman–Crippen LogP) is -4.96. The molecule has 3 N–H and O–H groups in total. The van der Waals surface area contributed by atoms with Crippen molar-refractivity contribution in [2.45, 2.75) is 11.3 Å². The van der Waals surface area contributed by atoms with Gasteiger partial charge in [0.15, 0.2) is 0 Å². The second-order valence-corrected chi connectivity index (χ2v) is 8.66. The van der Waals surface area contributed by atoms with E-state index >= 15 is 0 Å². The normalized spacial score (nSPS) is 15.7.